The Kier molecular flexibility index (Phi) is 2.85. The molecule has 0 radical (unpaired) electrons. The van der Waals surface area contributed by atoms with E-state index >= 15 is 0 Å². The SMILES string of the molecule is ClC1(Cl)c2c(-c3ccccc3)ccc(-c3ccccc3)c21. The summed E-state index contributed by atoms with van der Waals surface area (Å²) in [6, 6.07) is 24.7. The molecular weight excluding hydrogens is 299 g/mol. The van der Waals surface area contributed by atoms with E-state index in [1.54, 1.807) is 0 Å². The monoisotopic (exact) mass is 310 g/mol. The van der Waals surface area contributed by atoms with Crippen molar-refractivity contribution >= 4 is 23.2 Å². The van der Waals surface area contributed by atoms with Gasteiger partial charge in [0.05, 0.1) is 0 Å². The van der Waals surface area contributed by atoms with Crippen molar-refractivity contribution in [2.75, 3.05) is 0 Å². The second-order valence-electron chi connectivity index (χ2n) is 5.22. The molecule has 0 aliphatic heterocycles. The first-order chi connectivity index (χ1) is 10.2. The van der Waals surface area contributed by atoms with Gasteiger partial charge in [0.25, 0.3) is 0 Å². The molecule has 0 bridgehead atoms. The second-order valence-corrected chi connectivity index (χ2v) is 6.54. The Labute approximate surface area is 134 Å². The zero-order chi connectivity index (χ0) is 14.4. The van der Waals surface area contributed by atoms with Crippen molar-refractivity contribution in [2.24, 2.45) is 0 Å². The summed E-state index contributed by atoms with van der Waals surface area (Å²) in [6.07, 6.45) is 0. The summed E-state index contributed by atoms with van der Waals surface area (Å²) in [4.78, 5) is 0. The second kappa shape index (κ2) is 4.62. The first-order valence-corrected chi connectivity index (χ1v) is 7.62. The molecule has 102 valence electrons. The van der Waals surface area contributed by atoms with Gasteiger partial charge in [-0.2, -0.15) is 0 Å². The van der Waals surface area contributed by atoms with Crippen LogP contribution in [0.15, 0.2) is 72.8 Å². The maximum absolute atomic E-state index is 6.51. The Balaban J connectivity index is 1.90. The molecule has 1 aliphatic rings. The highest BCUT2D eigenvalue weighted by Gasteiger charge is 2.52. The fraction of sp³-hybridized carbons (Fsp3) is 0.0526. The Bertz CT molecular complexity index is 737. The summed E-state index contributed by atoms with van der Waals surface area (Å²) in [5, 5.41) is 0. The predicted molar refractivity (Wildman–Crippen MR) is 89.8 cm³/mol. The van der Waals surface area contributed by atoms with Gasteiger partial charge in [0.2, 0.25) is 0 Å². The van der Waals surface area contributed by atoms with Gasteiger partial charge in [-0.1, -0.05) is 96.0 Å². The first-order valence-electron chi connectivity index (χ1n) is 6.86. The van der Waals surface area contributed by atoms with Gasteiger partial charge in [-0.3, -0.25) is 0 Å². The van der Waals surface area contributed by atoms with Gasteiger partial charge in [0.15, 0.2) is 4.33 Å². The van der Waals surface area contributed by atoms with Crippen LogP contribution in [0.25, 0.3) is 22.3 Å². The Morgan fingerprint density at radius 3 is 1.29 bits per heavy atom. The molecule has 0 spiro atoms. The predicted octanol–water partition coefficient (Wildman–Crippen LogP) is 6.01. The molecule has 21 heavy (non-hydrogen) atoms. The Morgan fingerprint density at radius 1 is 0.524 bits per heavy atom. The van der Waals surface area contributed by atoms with Crippen LogP contribution in [0.1, 0.15) is 11.1 Å². The number of hydrogen-bond donors (Lipinski definition) is 0. The van der Waals surface area contributed by atoms with Gasteiger partial charge in [-0.05, 0) is 22.3 Å². The number of fused-ring (bicyclic) bond motifs is 1. The van der Waals surface area contributed by atoms with Crippen LogP contribution < -0.4 is 0 Å². The molecule has 0 saturated heterocycles. The van der Waals surface area contributed by atoms with E-state index in [1.165, 1.54) is 0 Å². The highest BCUT2D eigenvalue weighted by atomic mass is 35.5. The zero-order valence-corrected chi connectivity index (χ0v) is 12.7. The van der Waals surface area contributed by atoms with Crippen molar-refractivity contribution < 1.29 is 0 Å². The van der Waals surface area contributed by atoms with Crippen LogP contribution in [0.4, 0.5) is 0 Å². The number of halogens is 2. The molecule has 0 fully saturated rings. The Hall–Kier alpha value is -1.76. The molecule has 0 nitrogen and oxygen atoms in total. The molecule has 0 aromatic heterocycles. The minimum atomic E-state index is -0.861. The zero-order valence-electron chi connectivity index (χ0n) is 11.2. The average Bonchev–Trinajstić information content (AvgIpc) is 3.12. The summed E-state index contributed by atoms with van der Waals surface area (Å²) in [6.45, 7) is 0. The normalized spacial score (nSPS) is 14.6. The molecule has 0 heterocycles. The number of hydrogen-bond acceptors (Lipinski definition) is 0. The number of rotatable bonds is 2. The molecule has 0 amide bonds. The molecule has 1 aliphatic carbocycles. The Morgan fingerprint density at radius 2 is 0.905 bits per heavy atom. The minimum Gasteiger partial charge on any atom is -0.0908 e. The lowest BCUT2D eigenvalue weighted by Crippen LogP contribution is -1.83. The maximum atomic E-state index is 6.51. The van der Waals surface area contributed by atoms with E-state index < -0.39 is 4.33 Å². The van der Waals surface area contributed by atoms with Crippen molar-refractivity contribution in [3.05, 3.63) is 83.9 Å². The van der Waals surface area contributed by atoms with E-state index in [9.17, 15) is 0 Å². The third kappa shape index (κ3) is 1.98. The molecule has 0 unspecified atom stereocenters. The third-order valence-electron chi connectivity index (χ3n) is 3.94. The summed E-state index contributed by atoms with van der Waals surface area (Å²) in [5.74, 6) is 0. The lowest BCUT2D eigenvalue weighted by atomic mass is 10.0. The van der Waals surface area contributed by atoms with Gasteiger partial charge < -0.3 is 0 Å². The number of benzene rings is 3. The maximum Gasteiger partial charge on any atom is 0.170 e. The van der Waals surface area contributed by atoms with E-state index in [-0.39, 0.29) is 0 Å². The van der Waals surface area contributed by atoms with Gasteiger partial charge in [-0.15, -0.1) is 0 Å². The van der Waals surface area contributed by atoms with Crippen molar-refractivity contribution in [1.29, 1.82) is 0 Å². The van der Waals surface area contributed by atoms with Gasteiger partial charge in [-0.25, -0.2) is 0 Å². The van der Waals surface area contributed by atoms with Crippen molar-refractivity contribution in [2.45, 2.75) is 4.33 Å². The molecule has 0 atom stereocenters. The minimum absolute atomic E-state index is 0.861. The topological polar surface area (TPSA) is 0 Å². The highest BCUT2D eigenvalue weighted by Crippen LogP contribution is 2.63. The molecule has 0 N–H and O–H groups in total. The molecule has 2 heteroatoms. The van der Waals surface area contributed by atoms with Crippen LogP contribution in [0, 0.1) is 0 Å². The van der Waals surface area contributed by atoms with E-state index in [0.29, 0.717) is 0 Å². The van der Waals surface area contributed by atoms with Gasteiger partial charge in [0.1, 0.15) is 0 Å². The smallest absolute Gasteiger partial charge is 0.0908 e. The van der Waals surface area contributed by atoms with E-state index in [0.717, 1.165) is 33.4 Å². The largest absolute Gasteiger partial charge is 0.170 e. The first kappa shape index (κ1) is 12.9. The fourth-order valence-electron chi connectivity index (χ4n) is 2.89. The van der Waals surface area contributed by atoms with Crippen LogP contribution in [-0.4, -0.2) is 0 Å². The summed E-state index contributed by atoms with van der Waals surface area (Å²) >= 11 is 13.0. The molecule has 0 saturated carbocycles. The van der Waals surface area contributed by atoms with E-state index in [2.05, 4.69) is 36.4 Å². The van der Waals surface area contributed by atoms with Crippen LogP contribution in [0.2, 0.25) is 0 Å². The lowest BCUT2D eigenvalue weighted by molar-refractivity contribution is 1.36. The number of alkyl halides is 2. The summed E-state index contributed by atoms with van der Waals surface area (Å²) < 4.78 is -0.861. The molecule has 4 rings (SSSR count). The quantitative estimate of drug-likeness (QED) is 0.508. The van der Waals surface area contributed by atoms with Crippen molar-refractivity contribution in [1.82, 2.24) is 0 Å². The molecule has 3 aromatic rings. The average molecular weight is 311 g/mol. The van der Waals surface area contributed by atoms with Crippen molar-refractivity contribution in [3.8, 4) is 22.3 Å². The molecular formula is C19H12Cl2. The van der Waals surface area contributed by atoms with E-state index in [4.69, 9.17) is 23.2 Å². The lowest BCUT2D eigenvalue weighted by Gasteiger charge is -2.03. The third-order valence-corrected chi connectivity index (χ3v) is 4.70. The van der Waals surface area contributed by atoms with Crippen LogP contribution >= 0.6 is 23.2 Å². The summed E-state index contributed by atoms with van der Waals surface area (Å²) in [7, 11) is 0. The fourth-order valence-corrected chi connectivity index (χ4v) is 3.58. The van der Waals surface area contributed by atoms with Crippen LogP contribution in [-0.2, 0) is 4.33 Å². The standard InChI is InChI=1S/C19H12Cl2/c20-19(21)17-15(13-7-3-1-4-8-13)11-12-16(18(17)19)14-9-5-2-6-10-14/h1-12H. The molecule has 3 aromatic carbocycles. The summed E-state index contributed by atoms with van der Waals surface area (Å²) in [5.41, 5.74) is 6.62. The van der Waals surface area contributed by atoms with Crippen LogP contribution in [0.3, 0.4) is 0 Å². The van der Waals surface area contributed by atoms with Gasteiger partial charge >= 0.3 is 0 Å². The van der Waals surface area contributed by atoms with Gasteiger partial charge in [0, 0.05) is 11.1 Å². The van der Waals surface area contributed by atoms with Crippen molar-refractivity contribution in [3.63, 3.8) is 0 Å². The van der Waals surface area contributed by atoms with Crippen LogP contribution in [0.5, 0.6) is 0 Å². The highest BCUT2D eigenvalue weighted by molar-refractivity contribution is 6.55. The van der Waals surface area contributed by atoms with E-state index in [1.807, 2.05) is 36.4 Å².